The summed E-state index contributed by atoms with van der Waals surface area (Å²) in [6.45, 7) is 2.02. The minimum Gasteiger partial charge on any atom is -0.409 e. The van der Waals surface area contributed by atoms with Crippen LogP contribution in [0.1, 0.15) is 36.9 Å². The molecule has 1 aromatic heterocycles. The monoisotopic (exact) mass is 260 g/mol. The molecule has 1 heterocycles. The van der Waals surface area contributed by atoms with Crippen LogP contribution in [0.3, 0.4) is 0 Å². The SMILES string of the molecule is NC(=NO)c1ncccc1CN(CC1CC1)C1CC1. The third-order valence-electron chi connectivity index (χ3n) is 3.87. The highest BCUT2D eigenvalue weighted by Crippen LogP contribution is 2.35. The molecular formula is C14H20N4O. The molecule has 5 heteroatoms. The third-order valence-corrected chi connectivity index (χ3v) is 3.87. The van der Waals surface area contributed by atoms with E-state index in [0.29, 0.717) is 5.69 Å². The van der Waals surface area contributed by atoms with Gasteiger partial charge < -0.3 is 10.9 Å². The highest BCUT2D eigenvalue weighted by Gasteiger charge is 2.33. The highest BCUT2D eigenvalue weighted by molar-refractivity contribution is 5.96. The number of aromatic nitrogens is 1. The molecule has 102 valence electrons. The van der Waals surface area contributed by atoms with Crippen molar-refractivity contribution in [1.82, 2.24) is 9.88 Å². The van der Waals surface area contributed by atoms with Gasteiger partial charge in [-0.2, -0.15) is 0 Å². The number of oxime groups is 1. The maximum absolute atomic E-state index is 8.83. The zero-order valence-corrected chi connectivity index (χ0v) is 11.0. The predicted octanol–water partition coefficient (Wildman–Crippen LogP) is 1.55. The van der Waals surface area contributed by atoms with Gasteiger partial charge in [0.25, 0.3) is 0 Å². The van der Waals surface area contributed by atoms with Crippen LogP contribution in [-0.2, 0) is 6.54 Å². The van der Waals surface area contributed by atoms with E-state index in [9.17, 15) is 0 Å². The molecule has 2 aliphatic carbocycles. The standard InChI is InChI=1S/C14H20N4O/c15-14(17-19)13-11(2-1-7-16-13)9-18(12-5-6-12)8-10-3-4-10/h1-2,7,10,12,19H,3-6,8-9H2,(H2,15,17). The van der Waals surface area contributed by atoms with Crippen molar-refractivity contribution in [3.05, 3.63) is 29.6 Å². The van der Waals surface area contributed by atoms with E-state index in [1.165, 1.54) is 32.2 Å². The normalized spacial score (nSPS) is 19.9. The lowest BCUT2D eigenvalue weighted by Gasteiger charge is -2.22. The molecule has 0 spiro atoms. The van der Waals surface area contributed by atoms with Gasteiger partial charge in [0.15, 0.2) is 5.84 Å². The summed E-state index contributed by atoms with van der Waals surface area (Å²) in [7, 11) is 0. The molecule has 0 bridgehead atoms. The van der Waals surface area contributed by atoms with E-state index in [-0.39, 0.29) is 5.84 Å². The van der Waals surface area contributed by atoms with Gasteiger partial charge >= 0.3 is 0 Å². The first-order valence-corrected chi connectivity index (χ1v) is 6.93. The quantitative estimate of drug-likeness (QED) is 0.352. The van der Waals surface area contributed by atoms with Gasteiger partial charge in [0.2, 0.25) is 0 Å². The molecule has 0 radical (unpaired) electrons. The Morgan fingerprint density at radius 1 is 1.42 bits per heavy atom. The number of amidine groups is 1. The van der Waals surface area contributed by atoms with Crippen molar-refractivity contribution >= 4 is 5.84 Å². The molecule has 5 nitrogen and oxygen atoms in total. The molecule has 2 fully saturated rings. The molecule has 2 aliphatic rings. The van der Waals surface area contributed by atoms with Gasteiger partial charge in [0, 0.05) is 25.3 Å². The van der Waals surface area contributed by atoms with Crippen LogP contribution >= 0.6 is 0 Å². The molecule has 0 aliphatic heterocycles. The molecule has 0 atom stereocenters. The average molecular weight is 260 g/mol. The lowest BCUT2D eigenvalue weighted by molar-refractivity contribution is 0.243. The molecule has 1 aromatic rings. The average Bonchev–Trinajstić information content (AvgIpc) is 3.29. The van der Waals surface area contributed by atoms with Crippen LogP contribution in [0, 0.1) is 5.92 Å². The smallest absolute Gasteiger partial charge is 0.189 e. The lowest BCUT2D eigenvalue weighted by atomic mass is 10.1. The van der Waals surface area contributed by atoms with E-state index < -0.39 is 0 Å². The Morgan fingerprint density at radius 3 is 2.84 bits per heavy atom. The van der Waals surface area contributed by atoms with E-state index in [0.717, 1.165) is 24.1 Å². The summed E-state index contributed by atoms with van der Waals surface area (Å²) in [5.41, 5.74) is 7.34. The Morgan fingerprint density at radius 2 is 2.21 bits per heavy atom. The fraction of sp³-hybridized carbons (Fsp3) is 0.571. The van der Waals surface area contributed by atoms with Crippen molar-refractivity contribution in [3.63, 3.8) is 0 Å². The Balaban J connectivity index is 1.76. The summed E-state index contributed by atoms with van der Waals surface area (Å²) in [4.78, 5) is 6.77. The van der Waals surface area contributed by atoms with E-state index >= 15 is 0 Å². The summed E-state index contributed by atoms with van der Waals surface area (Å²) < 4.78 is 0. The number of pyridine rings is 1. The number of nitrogens with zero attached hydrogens (tertiary/aromatic N) is 3. The van der Waals surface area contributed by atoms with Crippen LogP contribution in [0.25, 0.3) is 0 Å². The van der Waals surface area contributed by atoms with Crippen LogP contribution in [0.2, 0.25) is 0 Å². The fourth-order valence-electron chi connectivity index (χ4n) is 2.48. The molecule has 2 saturated carbocycles. The number of rotatable bonds is 6. The van der Waals surface area contributed by atoms with E-state index in [1.807, 2.05) is 12.1 Å². The van der Waals surface area contributed by atoms with Crippen molar-refractivity contribution in [1.29, 1.82) is 0 Å². The second kappa shape index (κ2) is 5.17. The zero-order valence-electron chi connectivity index (χ0n) is 11.0. The summed E-state index contributed by atoms with van der Waals surface area (Å²) >= 11 is 0. The Labute approximate surface area is 113 Å². The summed E-state index contributed by atoms with van der Waals surface area (Å²) in [5.74, 6) is 0.974. The maximum Gasteiger partial charge on any atom is 0.189 e. The third kappa shape index (κ3) is 3.04. The topological polar surface area (TPSA) is 74.7 Å². The molecule has 0 saturated heterocycles. The Kier molecular flexibility index (Phi) is 3.38. The van der Waals surface area contributed by atoms with Crippen LogP contribution < -0.4 is 5.73 Å². The van der Waals surface area contributed by atoms with Gasteiger partial charge in [0.05, 0.1) is 0 Å². The molecule has 0 amide bonds. The summed E-state index contributed by atoms with van der Waals surface area (Å²) in [6, 6.07) is 4.65. The van der Waals surface area contributed by atoms with Crippen molar-refractivity contribution in [2.45, 2.75) is 38.3 Å². The van der Waals surface area contributed by atoms with Crippen molar-refractivity contribution < 1.29 is 5.21 Å². The maximum atomic E-state index is 8.83. The van der Waals surface area contributed by atoms with Crippen LogP contribution in [-0.4, -0.2) is 33.5 Å². The van der Waals surface area contributed by atoms with Gasteiger partial charge in [-0.1, -0.05) is 11.2 Å². The second-order valence-corrected chi connectivity index (χ2v) is 5.60. The molecule has 3 rings (SSSR count). The Hall–Kier alpha value is -1.62. The zero-order chi connectivity index (χ0) is 13.2. The Bertz CT molecular complexity index is 480. The second-order valence-electron chi connectivity index (χ2n) is 5.60. The fourth-order valence-corrected chi connectivity index (χ4v) is 2.48. The van der Waals surface area contributed by atoms with Gasteiger partial charge in [-0.3, -0.25) is 9.88 Å². The first-order chi connectivity index (χ1) is 9.28. The number of hydrogen-bond donors (Lipinski definition) is 2. The largest absolute Gasteiger partial charge is 0.409 e. The van der Waals surface area contributed by atoms with E-state index in [4.69, 9.17) is 10.9 Å². The lowest BCUT2D eigenvalue weighted by Crippen LogP contribution is -2.29. The molecular weight excluding hydrogens is 240 g/mol. The molecule has 19 heavy (non-hydrogen) atoms. The molecule has 3 N–H and O–H groups in total. The van der Waals surface area contributed by atoms with Crippen LogP contribution in [0.5, 0.6) is 0 Å². The highest BCUT2D eigenvalue weighted by atomic mass is 16.4. The van der Waals surface area contributed by atoms with Crippen LogP contribution in [0.4, 0.5) is 0 Å². The van der Waals surface area contributed by atoms with Crippen LogP contribution in [0.15, 0.2) is 23.5 Å². The first-order valence-electron chi connectivity index (χ1n) is 6.93. The van der Waals surface area contributed by atoms with E-state index in [1.54, 1.807) is 6.20 Å². The molecule has 0 unspecified atom stereocenters. The van der Waals surface area contributed by atoms with Gasteiger partial charge in [-0.15, -0.1) is 0 Å². The predicted molar refractivity (Wildman–Crippen MR) is 72.9 cm³/mol. The molecule has 0 aromatic carbocycles. The summed E-state index contributed by atoms with van der Waals surface area (Å²) in [5, 5.41) is 11.9. The summed E-state index contributed by atoms with van der Waals surface area (Å²) in [6.07, 6.45) is 7.00. The van der Waals surface area contributed by atoms with Gasteiger partial charge in [-0.05, 0) is 43.2 Å². The van der Waals surface area contributed by atoms with E-state index in [2.05, 4.69) is 15.0 Å². The van der Waals surface area contributed by atoms with Crippen molar-refractivity contribution in [3.8, 4) is 0 Å². The van der Waals surface area contributed by atoms with Gasteiger partial charge in [-0.25, -0.2) is 0 Å². The first kappa shape index (κ1) is 12.4. The van der Waals surface area contributed by atoms with Crippen molar-refractivity contribution in [2.24, 2.45) is 16.8 Å². The minimum atomic E-state index is 0.0952. The van der Waals surface area contributed by atoms with Crippen molar-refractivity contribution in [2.75, 3.05) is 6.54 Å². The van der Waals surface area contributed by atoms with Gasteiger partial charge in [0.1, 0.15) is 5.69 Å². The number of nitrogens with two attached hydrogens (primary N) is 1. The minimum absolute atomic E-state index is 0.0952. The number of hydrogen-bond acceptors (Lipinski definition) is 4.